The molecule has 2 aromatic carbocycles. The third kappa shape index (κ3) is 5.03. The van der Waals surface area contributed by atoms with Crippen LogP contribution in [0, 0.1) is 0 Å². The third-order valence-electron chi connectivity index (χ3n) is 5.70. The van der Waals surface area contributed by atoms with Crippen LogP contribution in [0.1, 0.15) is 35.8 Å². The van der Waals surface area contributed by atoms with Crippen LogP contribution < -0.4 is 0 Å². The molecule has 1 aliphatic rings. The van der Waals surface area contributed by atoms with E-state index in [-0.39, 0.29) is 12.3 Å². The maximum Gasteiger partial charge on any atom is 0.359 e. The van der Waals surface area contributed by atoms with Gasteiger partial charge in [0, 0.05) is 18.7 Å². The first-order valence-electron chi connectivity index (χ1n) is 10.8. The summed E-state index contributed by atoms with van der Waals surface area (Å²) in [6.45, 7) is 4.78. The molecule has 1 saturated heterocycles. The molecule has 0 aliphatic carbocycles. The van der Waals surface area contributed by atoms with Gasteiger partial charge in [0.25, 0.3) is 0 Å². The normalized spacial score (nSPS) is 19.3. The number of carbonyl (C=O) groups excluding carboxylic acids is 1. The molecule has 0 radical (unpaired) electrons. The Kier molecular flexibility index (Phi) is 6.49. The molecular formula is C25H29N3O3. The van der Waals surface area contributed by atoms with Gasteiger partial charge in [-0.1, -0.05) is 60.7 Å². The van der Waals surface area contributed by atoms with Crippen LogP contribution in [0.4, 0.5) is 0 Å². The topological polar surface area (TPSA) is 67.6 Å². The minimum atomic E-state index is -0.900. The van der Waals surface area contributed by atoms with Gasteiger partial charge in [-0.15, -0.1) is 0 Å². The van der Waals surface area contributed by atoms with Gasteiger partial charge in [0.15, 0.2) is 5.69 Å². The number of imidazole rings is 1. The van der Waals surface area contributed by atoms with E-state index >= 15 is 0 Å². The van der Waals surface area contributed by atoms with E-state index < -0.39 is 11.6 Å². The van der Waals surface area contributed by atoms with Crippen molar-refractivity contribution in [1.82, 2.24) is 14.5 Å². The molecule has 1 unspecified atom stereocenters. The van der Waals surface area contributed by atoms with Gasteiger partial charge in [0.1, 0.15) is 0 Å². The summed E-state index contributed by atoms with van der Waals surface area (Å²) in [5, 5.41) is 11.5. The Hall–Kier alpha value is -2.96. The lowest BCUT2D eigenvalue weighted by molar-refractivity contribution is -0.0451. The van der Waals surface area contributed by atoms with E-state index in [2.05, 4.69) is 22.0 Å². The SMILES string of the molecule is CCOC(=O)c1ncn(CC2(O)CCCN(Cc3ccccc3)C2)c1-c1ccccc1. The summed E-state index contributed by atoms with van der Waals surface area (Å²) >= 11 is 0. The number of hydrogen-bond acceptors (Lipinski definition) is 5. The van der Waals surface area contributed by atoms with Crippen LogP contribution in [0.5, 0.6) is 0 Å². The molecule has 0 saturated carbocycles. The quantitative estimate of drug-likeness (QED) is 0.591. The second kappa shape index (κ2) is 9.45. The lowest BCUT2D eigenvalue weighted by Gasteiger charge is -2.39. The highest BCUT2D eigenvalue weighted by atomic mass is 16.5. The van der Waals surface area contributed by atoms with Crippen LogP contribution >= 0.6 is 0 Å². The molecular weight excluding hydrogens is 390 g/mol. The zero-order valence-corrected chi connectivity index (χ0v) is 17.9. The summed E-state index contributed by atoms with van der Waals surface area (Å²) in [6, 6.07) is 20.0. The number of likely N-dealkylation sites (tertiary alicyclic amines) is 1. The maximum absolute atomic E-state index is 12.5. The molecule has 1 aliphatic heterocycles. The van der Waals surface area contributed by atoms with Crippen LogP contribution in [0.2, 0.25) is 0 Å². The van der Waals surface area contributed by atoms with E-state index in [1.165, 1.54) is 5.56 Å². The van der Waals surface area contributed by atoms with Gasteiger partial charge in [-0.3, -0.25) is 4.90 Å². The third-order valence-corrected chi connectivity index (χ3v) is 5.70. The number of ether oxygens (including phenoxy) is 1. The number of β-amino-alcohol motifs (C(OH)–C–C–N with tert-alkyl or cyclic N) is 1. The Labute approximate surface area is 183 Å². The standard InChI is InChI=1S/C25H29N3O3/c1-2-31-24(29)22-23(21-12-7-4-8-13-21)28(19-26-22)18-25(30)14-9-15-27(17-25)16-20-10-5-3-6-11-20/h3-8,10-13,19,30H,2,9,14-18H2,1H3. The highest BCUT2D eigenvalue weighted by Gasteiger charge is 2.35. The monoisotopic (exact) mass is 419 g/mol. The van der Waals surface area contributed by atoms with Gasteiger partial charge in [-0.2, -0.15) is 0 Å². The fourth-order valence-electron chi connectivity index (χ4n) is 4.38. The molecule has 4 rings (SSSR count). The Morgan fingerprint density at radius 1 is 1.13 bits per heavy atom. The van der Waals surface area contributed by atoms with Crippen molar-refractivity contribution in [1.29, 1.82) is 0 Å². The second-order valence-electron chi connectivity index (χ2n) is 8.18. The van der Waals surface area contributed by atoms with Crippen molar-refractivity contribution < 1.29 is 14.6 Å². The highest BCUT2D eigenvalue weighted by molar-refractivity contribution is 5.94. The van der Waals surface area contributed by atoms with Crippen LogP contribution in [0.25, 0.3) is 11.3 Å². The number of piperidine rings is 1. The van der Waals surface area contributed by atoms with E-state index in [4.69, 9.17) is 4.74 Å². The van der Waals surface area contributed by atoms with Crippen molar-refractivity contribution in [3.8, 4) is 11.3 Å². The number of hydrogen-bond donors (Lipinski definition) is 1. The number of esters is 1. The molecule has 1 aromatic heterocycles. The number of rotatable bonds is 7. The average Bonchev–Trinajstić information content (AvgIpc) is 3.18. The maximum atomic E-state index is 12.5. The fourth-order valence-corrected chi connectivity index (χ4v) is 4.38. The zero-order valence-electron chi connectivity index (χ0n) is 17.9. The molecule has 6 nitrogen and oxygen atoms in total. The van der Waals surface area contributed by atoms with Gasteiger partial charge in [0.05, 0.1) is 30.8 Å². The van der Waals surface area contributed by atoms with Crippen LogP contribution in [-0.2, 0) is 17.8 Å². The summed E-state index contributed by atoms with van der Waals surface area (Å²) < 4.78 is 7.11. The van der Waals surface area contributed by atoms with Crippen LogP contribution in [0.3, 0.4) is 0 Å². The predicted molar refractivity (Wildman–Crippen MR) is 120 cm³/mol. The number of aliphatic hydroxyl groups is 1. The van der Waals surface area contributed by atoms with Gasteiger partial charge >= 0.3 is 5.97 Å². The first kappa shape index (κ1) is 21.3. The molecule has 1 fully saturated rings. The Balaban J connectivity index is 1.58. The van der Waals surface area contributed by atoms with Gasteiger partial charge in [-0.25, -0.2) is 9.78 Å². The lowest BCUT2D eigenvalue weighted by atomic mass is 9.92. The zero-order chi connectivity index (χ0) is 21.7. The van der Waals surface area contributed by atoms with Crippen molar-refractivity contribution in [3.05, 3.63) is 78.2 Å². The first-order chi connectivity index (χ1) is 15.1. The Morgan fingerprint density at radius 2 is 1.84 bits per heavy atom. The van der Waals surface area contributed by atoms with E-state index in [9.17, 15) is 9.90 Å². The number of nitrogens with zero attached hydrogens (tertiary/aromatic N) is 3. The molecule has 0 amide bonds. The predicted octanol–water partition coefficient (Wildman–Crippen LogP) is 3.75. The van der Waals surface area contributed by atoms with Crippen molar-refractivity contribution in [2.24, 2.45) is 0 Å². The summed E-state index contributed by atoms with van der Waals surface area (Å²) in [4.78, 5) is 19.2. The minimum absolute atomic E-state index is 0.286. The molecule has 1 atom stereocenters. The van der Waals surface area contributed by atoms with Crippen LogP contribution in [-0.4, -0.2) is 50.8 Å². The average molecular weight is 420 g/mol. The summed E-state index contributed by atoms with van der Waals surface area (Å²) in [7, 11) is 0. The molecule has 2 heterocycles. The van der Waals surface area contributed by atoms with Gasteiger partial charge in [0.2, 0.25) is 0 Å². The van der Waals surface area contributed by atoms with Gasteiger partial charge in [-0.05, 0) is 31.9 Å². The fraction of sp³-hybridized carbons (Fsp3) is 0.360. The smallest absolute Gasteiger partial charge is 0.359 e. The van der Waals surface area contributed by atoms with Gasteiger partial charge < -0.3 is 14.4 Å². The number of benzene rings is 2. The highest BCUT2D eigenvalue weighted by Crippen LogP contribution is 2.29. The molecule has 162 valence electrons. The lowest BCUT2D eigenvalue weighted by Crippen LogP contribution is -2.50. The number of aromatic nitrogens is 2. The minimum Gasteiger partial charge on any atom is -0.461 e. The molecule has 0 bridgehead atoms. The largest absolute Gasteiger partial charge is 0.461 e. The second-order valence-corrected chi connectivity index (χ2v) is 8.18. The van der Waals surface area contributed by atoms with E-state index in [1.807, 2.05) is 53.1 Å². The Morgan fingerprint density at radius 3 is 2.55 bits per heavy atom. The van der Waals surface area contributed by atoms with E-state index in [0.717, 1.165) is 25.1 Å². The summed E-state index contributed by atoms with van der Waals surface area (Å²) in [5.74, 6) is -0.443. The van der Waals surface area contributed by atoms with Crippen molar-refractivity contribution in [2.45, 2.75) is 38.5 Å². The molecule has 31 heavy (non-hydrogen) atoms. The molecule has 6 heteroatoms. The summed E-state index contributed by atoms with van der Waals surface area (Å²) in [6.07, 6.45) is 3.27. The Bertz CT molecular complexity index is 1000. The van der Waals surface area contributed by atoms with Crippen molar-refractivity contribution in [2.75, 3.05) is 19.7 Å². The van der Waals surface area contributed by atoms with E-state index in [1.54, 1.807) is 13.3 Å². The molecule has 0 spiro atoms. The number of carbonyl (C=O) groups is 1. The van der Waals surface area contributed by atoms with Crippen molar-refractivity contribution >= 4 is 5.97 Å². The summed E-state index contributed by atoms with van der Waals surface area (Å²) in [5.41, 5.74) is 2.19. The van der Waals surface area contributed by atoms with Crippen molar-refractivity contribution in [3.63, 3.8) is 0 Å². The van der Waals surface area contributed by atoms with E-state index in [0.29, 0.717) is 25.2 Å². The molecule has 3 aromatic rings. The first-order valence-corrected chi connectivity index (χ1v) is 10.8. The van der Waals surface area contributed by atoms with Crippen LogP contribution in [0.15, 0.2) is 67.0 Å². The molecule has 1 N–H and O–H groups in total.